The van der Waals surface area contributed by atoms with Crippen molar-refractivity contribution in [1.29, 1.82) is 5.26 Å². The first kappa shape index (κ1) is 20.9. The lowest BCUT2D eigenvalue weighted by Gasteiger charge is -2.13. The SMILES string of the molecule is Cc1c(OCCCCOc2ccc(C#N)cc2)ccc(C(=O)c2ccccc2)c1O. The summed E-state index contributed by atoms with van der Waals surface area (Å²) < 4.78 is 11.4. The van der Waals surface area contributed by atoms with E-state index in [1.165, 1.54) is 0 Å². The van der Waals surface area contributed by atoms with Gasteiger partial charge in [0.2, 0.25) is 0 Å². The molecule has 0 aliphatic carbocycles. The number of carbonyl (C=O) groups excluding carboxylic acids is 1. The van der Waals surface area contributed by atoms with Crippen molar-refractivity contribution in [3.63, 3.8) is 0 Å². The third-order valence-corrected chi connectivity index (χ3v) is 4.71. The number of phenolic OH excluding ortho intramolecular Hbond substituents is 1. The van der Waals surface area contributed by atoms with Gasteiger partial charge < -0.3 is 14.6 Å². The summed E-state index contributed by atoms with van der Waals surface area (Å²) in [5, 5.41) is 19.3. The van der Waals surface area contributed by atoms with E-state index in [9.17, 15) is 9.90 Å². The number of unbranched alkanes of at least 4 members (excludes halogenated alkanes) is 1. The molecule has 0 aliphatic rings. The minimum atomic E-state index is -0.220. The Balaban J connectivity index is 1.48. The number of aromatic hydroxyl groups is 1. The van der Waals surface area contributed by atoms with Gasteiger partial charge in [-0.1, -0.05) is 30.3 Å². The number of carbonyl (C=O) groups is 1. The van der Waals surface area contributed by atoms with Crippen LogP contribution in [-0.2, 0) is 0 Å². The molecule has 0 fully saturated rings. The molecular formula is C25H23NO4. The lowest BCUT2D eigenvalue weighted by molar-refractivity contribution is 0.103. The quantitative estimate of drug-likeness (QED) is 0.401. The molecule has 5 heteroatoms. The number of hydrogen-bond acceptors (Lipinski definition) is 5. The largest absolute Gasteiger partial charge is 0.507 e. The van der Waals surface area contributed by atoms with Crippen molar-refractivity contribution < 1.29 is 19.4 Å². The molecule has 30 heavy (non-hydrogen) atoms. The third kappa shape index (κ3) is 5.18. The molecule has 0 bridgehead atoms. The first-order chi connectivity index (χ1) is 14.6. The van der Waals surface area contributed by atoms with Gasteiger partial charge in [0.1, 0.15) is 17.2 Å². The van der Waals surface area contributed by atoms with E-state index in [2.05, 4.69) is 6.07 Å². The van der Waals surface area contributed by atoms with Crippen molar-refractivity contribution in [3.8, 4) is 23.3 Å². The zero-order valence-electron chi connectivity index (χ0n) is 16.8. The molecule has 0 spiro atoms. The maximum Gasteiger partial charge on any atom is 0.196 e. The summed E-state index contributed by atoms with van der Waals surface area (Å²) in [5.41, 5.74) is 1.95. The molecule has 0 aliphatic heterocycles. The minimum Gasteiger partial charge on any atom is -0.507 e. The highest BCUT2D eigenvalue weighted by Crippen LogP contribution is 2.32. The van der Waals surface area contributed by atoms with Crippen LogP contribution in [0.2, 0.25) is 0 Å². The van der Waals surface area contributed by atoms with E-state index in [1.54, 1.807) is 67.6 Å². The summed E-state index contributed by atoms with van der Waals surface area (Å²) in [5.74, 6) is 1.02. The van der Waals surface area contributed by atoms with Crippen molar-refractivity contribution in [1.82, 2.24) is 0 Å². The predicted molar refractivity (Wildman–Crippen MR) is 114 cm³/mol. The first-order valence-corrected chi connectivity index (χ1v) is 9.78. The van der Waals surface area contributed by atoms with Gasteiger partial charge in [-0.3, -0.25) is 4.79 Å². The molecule has 0 amide bonds. The van der Waals surface area contributed by atoms with E-state index in [0.717, 1.165) is 18.6 Å². The highest BCUT2D eigenvalue weighted by molar-refractivity contribution is 6.11. The highest BCUT2D eigenvalue weighted by Gasteiger charge is 2.17. The van der Waals surface area contributed by atoms with Crippen molar-refractivity contribution in [2.75, 3.05) is 13.2 Å². The fraction of sp³-hybridized carbons (Fsp3) is 0.200. The van der Waals surface area contributed by atoms with Crippen LogP contribution in [0.4, 0.5) is 0 Å². The van der Waals surface area contributed by atoms with Gasteiger partial charge in [-0.25, -0.2) is 0 Å². The van der Waals surface area contributed by atoms with Gasteiger partial charge in [0.25, 0.3) is 0 Å². The Labute approximate surface area is 176 Å². The first-order valence-electron chi connectivity index (χ1n) is 9.78. The monoisotopic (exact) mass is 401 g/mol. The highest BCUT2D eigenvalue weighted by atomic mass is 16.5. The van der Waals surface area contributed by atoms with Crippen LogP contribution >= 0.6 is 0 Å². The van der Waals surface area contributed by atoms with E-state index >= 15 is 0 Å². The Kier molecular flexibility index (Phi) is 7.07. The molecule has 3 aromatic carbocycles. The molecule has 0 atom stereocenters. The lowest BCUT2D eigenvalue weighted by Crippen LogP contribution is -2.05. The van der Waals surface area contributed by atoms with Gasteiger partial charge in [-0.15, -0.1) is 0 Å². The molecular weight excluding hydrogens is 378 g/mol. The number of benzene rings is 3. The molecule has 1 N–H and O–H groups in total. The topological polar surface area (TPSA) is 79.5 Å². The van der Waals surface area contributed by atoms with Crippen LogP contribution < -0.4 is 9.47 Å². The van der Waals surface area contributed by atoms with Crippen LogP contribution in [0.25, 0.3) is 0 Å². The molecule has 0 radical (unpaired) electrons. The predicted octanol–water partition coefficient (Wildman–Crippen LogP) is 5.04. The molecule has 0 saturated carbocycles. The Bertz CT molecular complexity index is 1040. The number of nitrogens with zero attached hydrogens (tertiary/aromatic N) is 1. The van der Waals surface area contributed by atoms with Gasteiger partial charge in [0, 0.05) is 11.1 Å². The molecule has 5 nitrogen and oxygen atoms in total. The van der Waals surface area contributed by atoms with Crippen molar-refractivity contribution in [2.24, 2.45) is 0 Å². The third-order valence-electron chi connectivity index (χ3n) is 4.71. The summed E-state index contributed by atoms with van der Waals surface area (Å²) in [6.45, 7) is 2.76. The van der Waals surface area contributed by atoms with Gasteiger partial charge in [-0.2, -0.15) is 5.26 Å². The van der Waals surface area contributed by atoms with Crippen LogP contribution in [0.15, 0.2) is 66.7 Å². The summed E-state index contributed by atoms with van der Waals surface area (Å²) >= 11 is 0. The number of rotatable bonds is 9. The van der Waals surface area contributed by atoms with Gasteiger partial charge in [0.05, 0.1) is 30.4 Å². The van der Waals surface area contributed by atoms with Crippen molar-refractivity contribution in [2.45, 2.75) is 19.8 Å². The average molecular weight is 401 g/mol. The maximum atomic E-state index is 12.6. The maximum absolute atomic E-state index is 12.6. The van der Waals surface area contributed by atoms with E-state index in [4.69, 9.17) is 14.7 Å². The fourth-order valence-corrected chi connectivity index (χ4v) is 2.97. The van der Waals surface area contributed by atoms with Gasteiger partial charge in [0.15, 0.2) is 5.78 Å². The standard InChI is InChI=1S/C25H23NO4/c1-18-23(14-13-22(24(18)27)25(28)20-7-3-2-4-8-20)30-16-6-5-15-29-21-11-9-19(17-26)10-12-21/h2-4,7-14,27H,5-6,15-16H2,1H3. The number of ether oxygens (including phenoxy) is 2. The van der Waals surface area contributed by atoms with Crippen LogP contribution in [-0.4, -0.2) is 24.1 Å². The van der Waals surface area contributed by atoms with E-state index in [0.29, 0.717) is 35.7 Å². The fourth-order valence-electron chi connectivity index (χ4n) is 2.97. The molecule has 0 heterocycles. The number of phenols is 1. The van der Waals surface area contributed by atoms with Crippen molar-refractivity contribution in [3.05, 3.63) is 89.0 Å². The molecule has 152 valence electrons. The Morgan fingerprint density at radius 1 is 0.933 bits per heavy atom. The van der Waals surface area contributed by atoms with Crippen LogP contribution in [0.1, 0.15) is 39.9 Å². The summed E-state index contributed by atoms with van der Waals surface area (Å²) in [7, 11) is 0. The molecule has 0 unspecified atom stereocenters. The Morgan fingerprint density at radius 2 is 1.60 bits per heavy atom. The smallest absolute Gasteiger partial charge is 0.196 e. The van der Waals surface area contributed by atoms with Gasteiger partial charge >= 0.3 is 0 Å². The van der Waals surface area contributed by atoms with Crippen LogP contribution in [0.3, 0.4) is 0 Å². The Morgan fingerprint density at radius 3 is 2.27 bits per heavy atom. The second-order valence-corrected chi connectivity index (χ2v) is 6.82. The van der Waals surface area contributed by atoms with Crippen LogP contribution in [0.5, 0.6) is 17.2 Å². The average Bonchev–Trinajstić information content (AvgIpc) is 2.79. The summed E-state index contributed by atoms with van der Waals surface area (Å²) in [6, 6.07) is 21.3. The minimum absolute atomic E-state index is 0.0505. The van der Waals surface area contributed by atoms with E-state index in [-0.39, 0.29) is 17.1 Å². The molecule has 0 saturated heterocycles. The molecule has 0 aromatic heterocycles. The van der Waals surface area contributed by atoms with E-state index in [1.807, 2.05) is 6.07 Å². The second-order valence-electron chi connectivity index (χ2n) is 6.82. The number of hydrogen-bond donors (Lipinski definition) is 1. The zero-order valence-corrected chi connectivity index (χ0v) is 16.8. The Hall–Kier alpha value is -3.78. The summed E-state index contributed by atoms with van der Waals surface area (Å²) in [6.07, 6.45) is 1.58. The molecule has 3 aromatic rings. The zero-order chi connectivity index (χ0) is 21.3. The van der Waals surface area contributed by atoms with Gasteiger partial charge in [-0.05, 0) is 56.2 Å². The molecule has 3 rings (SSSR count). The van der Waals surface area contributed by atoms with Crippen LogP contribution in [0, 0.1) is 18.3 Å². The summed E-state index contributed by atoms with van der Waals surface area (Å²) in [4.78, 5) is 12.6. The van der Waals surface area contributed by atoms with Crippen molar-refractivity contribution >= 4 is 5.78 Å². The number of ketones is 1. The van der Waals surface area contributed by atoms with E-state index < -0.39 is 0 Å². The number of nitriles is 1. The normalized spacial score (nSPS) is 10.3. The lowest BCUT2D eigenvalue weighted by atomic mass is 10.00. The second kappa shape index (κ2) is 10.1.